The van der Waals surface area contributed by atoms with Crippen molar-refractivity contribution in [1.29, 1.82) is 0 Å². The van der Waals surface area contributed by atoms with E-state index in [1.54, 1.807) is 0 Å². The van der Waals surface area contributed by atoms with Gasteiger partial charge in [0.05, 0.1) is 11.1 Å². The van der Waals surface area contributed by atoms with E-state index in [1.807, 2.05) is 0 Å². The molecule has 1 aromatic heterocycles. The SMILES string of the molecule is c1ccc(C2(c3ccccc3)c3ccccc3-c3c(N(c4ccc(-c5ccc6ccccc6c5)cc4)c4ccc(-c5cccc6oc7c8ccccc8ccc7c56)cc4)cccc32)cc1. The number of hydrogen-bond donors (Lipinski definition) is 0. The van der Waals surface area contributed by atoms with Crippen LogP contribution in [0.2, 0.25) is 0 Å². The Bertz CT molecular complexity index is 3710. The van der Waals surface area contributed by atoms with Crippen LogP contribution in [0.15, 0.2) is 253 Å². The number of rotatable bonds is 7. The van der Waals surface area contributed by atoms with Gasteiger partial charge in [-0.1, -0.05) is 200 Å². The van der Waals surface area contributed by atoms with Crippen molar-refractivity contribution in [1.82, 2.24) is 0 Å². The number of furan rings is 1. The molecule has 13 rings (SSSR count). The van der Waals surface area contributed by atoms with Crippen molar-refractivity contribution in [2.45, 2.75) is 5.41 Å². The Labute approximate surface area is 377 Å². The standard InChI is InChI=1S/C63H41NO/c1-3-18-48(19-4-1)63(49-20-5-2-6-21-49)56-25-12-11-23-54(56)61-57(63)26-14-27-58(61)64(50-36-31-43(32-37-50)47-30-29-42-15-7-8-17-46(42)41-47)51-38-33-45(34-39-51)52-24-13-28-59-60(52)55-40-35-44-16-9-10-22-53(44)62(55)65-59/h1-41H. The number of fused-ring (bicyclic) bond motifs is 9. The van der Waals surface area contributed by atoms with Gasteiger partial charge in [-0.15, -0.1) is 0 Å². The predicted molar refractivity (Wildman–Crippen MR) is 272 cm³/mol. The van der Waals surface area contributed by atoms with Crippen LogP contribution in [0.1, 0.15) is 22.3 Å². The van der Waals surface area contributed by atoms with E-state index >= 15 is 0 Å². The van der Waals surface area contributed by atoms with Crippen LogP contribution in [-0.2, 0) is 5.41 Å². The van der Waals surface area contributed by atoms with E-state index in [0.717, 1.165) is 55.5 Å². The molecule has 12 aromatic rings. The lowest BCUT2D eigenvalue weighted by molar-refractivity contribution is 0.673. The molecule has 0 N–H and O–H groups in total. The Morgan fingerprint density at radius 2 is 0.923 bits per heavy atom. The van der Waals surface area contributed by atoms with Gasteiger partial charge in [-0.2, -0.15) is 0 Å². The molecule has 0 atom stereocenters. The molecule has 0 amide bonds. The fourth-order valence-electron chi connectivity index (χ4n) is 10.8. The van der Waals surface area contributed by atoms with Crippen LogP contribution in [0.4, 0.5) is 17.1 Å². The maximum atomic E-state index is 6.61. The molecular weight excluding hydrogens is 787 g/mol. The third-order valence-corrected chi connectivity index (χ3v) is 13.7. The van der Waals surface area contributed by atoms with Crippen molar-refractivity contribution in [3.05, 3.63) is 271 Å². The highest BCUT2D eigenvalue weighted by Gasteiger charge is 2.47. The van der Waals surface area contributed by atoms with E-state index in [-0.39, 0.29) is 0 Å². The second kappa shape index (κ2) is 14.8. The number of benzene rings is 11. The molecule has 0 unspecified atom stereocenters. The second-order valence-corrected chi connectivity index (χ2v) is 17.2. The molecule has 11 aromatic carbocycles. The first-order valence-corrected chi connectivity index (χ1v) is 22.4. The molecule has 304 valence electrons. The van der Waals surface area contributed by atoms with Crippen molar-refractivity contribution in [3.63, 3.8) is 0 Å². The number of nitrogens with zero attached hydrogens (tertiary/aromatic N) is 1. The van der Waals surface area contributed by atoms with Gasteiger partial charge in [0.2, 0.25) is 0 Å². The summed E-state index contributed by atoms with van der Waals surface area (Å²) >= 11 is 0. The van der Waals surface area contributed by atoms with Crippen LogP contribution < -0.4 is 4.90 Å². The molecule has 0 radical (unpaired) electrons. The van der Waals surface area contributed by atoms with Gasteiger partial charge in [-0.3, -0.25) is 0 Å². The fourth-order valence-corrected chi connectivity index (χ4v) is 10.8. The van der Waals surface area contributed by atoms with Gasteiger partial charge in [-0.05, 0) is 115 Å². The van der Waals surface area contributed by atoms with Crippen LogP contribution in [-0.4, -0.2) is 0 Å². The Kier molecular flexibility index (Phi) is 8.47. The minimum Gasteiger partial charge on any atom is -0.455 e. The number of hydrogen-bond acceptors (Lipinski definition) is 2. The van der Waals surface area contributed by atoms with Crippen LogP contribution in [0, 0.1) is 0 Å². The lowest BCUT2D eigenvalue weighted by Gasteiger charge is -2.34. The zero-order chi connectivity index (χ0) is 42.9. The average Bonchev–Trinajstić information content (AvgIpc) is 3.92. The highest BCUT2D eigenvalue weighted by molar-refractivity contribution is 6.19. The van der Waals surface area contributed by atoms with E-state index in [1.165, 1.54) is 60.7 Å². The molecule has 0 spiro atoms. The zero-order valence-electron chi connectivity index (χ0n) is 35.5. The molecule has 1 aliphatic rings. The average molecular weight is 828 g/mol. The fraction of sp³-hybridized carbons (Fsp3) is 0.0159. The highest BCUT2D eigenvalue weighted by atomic mass is 16.3. The summed E-state index contributed by atoms with van der Waals surface area (Å²) in [6.07, 6.45) is 0. The molecule has 65 heavy (non-hydrogen) atoms. The van der Waals surface area contributed by atoms with Gasteiger partial charge in [0.15, 0.2) is 0 Å². The maximum absolute atomic E-state index is 6.61. The van der Waals surface area contributed by atoms with Crippen LogP contribution in [0.5, 0.6) is 0 Å². The van der Waals surface area contributed by atoms with Crippen molar-refractivity contribution in [2.24, 2.45) is 0 Å². The summed E-state index contributed by atoms with van der Waals surface area (Å²) in [5.74, 6) is 0. The molecule has 1 heterocycles. The van der Waals surface area contributed by atoms with Gasteiger partial charge in [0, 0.05) is 33.1 Å². The third kappa shape index (κ3) is 5.74. The topological polar surface area (TPSA) is 16.4 Å². The Hall–Kier alpha value is -8.46. The third-order valence-electron chi connectivity index (χ3n) is 13.7. The number of anilines is 3. The normalized spacial score (nSPS) is 12.7. The first-order chi connectivity index (χ1) is 32.2. The molecule has 0 saturated carbocycles. The van der Waals surface area contributed by atoms with Crippen molar-refractivity contribution >= 4 is 60.5 Å². The Morgan fingerprint density at radius 1 is 0.354 bits per heavy atom. The molecule has 0 aliphatic heterocycles. The quantitative estimate of drug-likeness (QED) is 0.159. The van der Waals surface area contributed by atoms with Crippen LogP contribution in [0.25, 0.3) is 76.9 Å². The lowest BCUT2D eigenvalue weighted by atomic mass is 9.68. The monoisotopic (exact) mass is 827 g/mol. The Morgan fingerprint density at radius 3 is 1.68 bits per heavy atom. The minimum absolute atomic E-state index is 0.517. The summed E-state index contributed by atoms with van der Waals surface area (Å²) in [5, 5.41) is 7.05. The molecule has 0 saturated heterocycles. The Balaban J connectivity index is 1.01. The molecular formula is C63H41NO. The van der Waals surface area contributed by atoms with Gasteiger partial charge >= 0.3 is 0 Å². The zero-order valence-corrected chi connectivity index (χ0v) is 35.5. The van der Waals surface area contributed by atoms with Gasteiger partial charge in [-0.25, -0.2) is 0 Å². The maximum Gasteiger partial charge on any atom is 0.143 e. The molecule has 2 heteroatoms. The highest BCUT2D eigenvalue weighted by Crippen LogP contribution is 2.59. The van der Waals surface area contributed by atoms with Gasteiger partial charge in [0.1, 0.15) is 11.2 Å². The summed E-state index contributed by atoms with van der Waals surface area (Å²) < 4.78 is 6.61. The van der Waals surface area contributed by atoms with E-state index in [9.17, 15) is 0 Å². The van der Waals surface area contributed by atoms with Crippen molar-refractivity contribution in [2.75, 3.05) is 4.90 Å². The minimum atomic E-state index is -0.517. The van der Waals surface area contributed by atoms with Gasteiger partial charge < -0.3 is 9.32 Å². The van der Waals surface area contributed by atoms with Crippen LogP contribution >= 0.6 is 0 Å². The molecule has 0 bridgehead atoms. The van der Waals surface area contributed by atoms with Gasteiger partial charge in [0.25, 0.3) is 0 Å². The summed E-state index contributed by atoms with van der Waals surface area (Å²) in [7, 11) is 0. The lowest BCUT2D eigenvalue weighted by Crippen LogP contribution is -2.28. The summed E-state index contributed by atoms with van der Waals surface area (Å²) in [4.78, 5) is 2.45. The van der Waals surface area contributed by atoms with Crippen molar-refractivity contribution < 1.29 is 4.42 Å². The summed E-state index contributed by atoms with van der Waals surface area (Å²) in [5.41, 5.74) is 16.8. The summed E-state index contributed by atoms with van der Waals surface area (Å²) in [6, 6.07) is 90.8. The largest absolute Gasteiger partial charge is 0.455 e. The van der Waals surface area contributed by atoms with Crippen LogP contribution in [0.3, 0.4) is 0 Å². The first-order valence-electron chi connectivity index (χ1n) is 22.4. The predicted octanol–water partition coefficient (Wildman–Crippen LogP) is 17.1. The molecule has 2 nitrogen and oxygen atoms in total. The van der Waals surface area contributed by atoms with E-state index in [0.29, 0.717) is 0 Å². The molecule has 0 fully saturated rings. The second-order valence-electron chi connectivity index (χ2n) is 17.2. The summed E-state index contributed by atoms with van der Waals surface area (Å²) in [6.45, 7) is 0. The molecule has 1 aliphatic carbocycles. The first kappa shape index (κ1) is 37.1. The van der Waals surface area contributed by atoms with E-state index < -0.39 is 5.41 Å². The van der Waals surface area contributed by atoms with E-state index in [2.05, 4.69) is 254 Å². The van der Waals surface area contributed by atoms with Crippen molar-refractivity contribution in [3.8, 4) is 33.4 Å². The smallest absolute Gasteiger partial charge is 0.143 e. The van der Waals surface area contributed by atoms with E-state index in [4.69, 9.17) is 4.42 Å².